The molecule has 2 unspecified atom stereocenters. The van der Waals surface area contributed by atoms with Gasteiger partial charge < -0.3 is 34.3 Å². The number of rotatable bonds is 7. The average molecular weight is 768 g/mol. The van der Waals surface area contributed by atoms with Crippen LogP contribution in [0, 0.1) is 35.5 Å². The van der Waals surface area contributed by atoms with Gasteiger partial charge >= 0.3 is 12.4 Å². The first-order chi connectivity index (χ1) is 24.7. The zero-order valence-electron chi connectivity index (χ0n) is 30.0. The number of aromatic nitrogens is 3. The Bertz CT molecular complexity index is 1620. The van der Waals surface area contributed by atoms with Crippen molar-refractivity contribution in [2.75, 3.05) is 13.2 Å². The highest BCUT2D eigenvalue weighted by atomic mass is 19.4. The van der Waals surface area contributed by atoms with Crippen molar-refractivity contribution in [1.82, 2.24) is 15.0 Å². The van der Waals surface area contributed by atoms with E-state index in [9.17, 15) is 41.7 Å². The van der Waals surface area contributed by atoms with Crippen LogP contribution in [0.15, 0.2) is 28.9 Å². The number of aliphatic hydroxyl groups is 3. The van der Waals surface area contributed by atoms with Crippen molar-refractivity contribution >= 4 is 0 Å². The van der Waals surface area contributed by atoms with Crippen LogP contribution in [0.1, 0.15) is 84.8 Å². The number of hydrogen-bond acceptors (Lipinski definition) is 11. The molecule has 53 heavy (non-hydrogen) atoms. The average Bonchev–Trinajstić information content (AvgIpc) is 3.30. The number of fused-ring (bicyclic) bond motifs is 3. The van der Waals surface area contributed by atoms with Crippen LogP contribution in [0.25, 0.3) is 0 Å². The number of halogens is 6. The fourth-order valence-corrected chi connectivity index (χ4v) is 10.0. The summed E-state index contributed by atoms with van der Waals surface area (Å²) in [4.78, 5) is 11.8. The lowest BCUT2D eigenvalue weighted by Gasteiger charge is -2.57. The molecule has 5 aliphatic heterocycles. The van der Waals surface area contributed by atoms with Gasteiger partial charge in [0.15, 0.2) is 17.1 Å². The molecular formula is C35H47F6N3O9. The first-order valence-corrected chi connectivity index (χ1v) is 18.2. The van der Waals surface area contributed by atoms with Crippen molar-refractivity contribution in [2.45, 2.75) is 134 Å². The van der Waals surface area contributed by atoms with Gasteiger partial charge in [0.05, 0.1) is 43.9 Å². The molecule has 0 amide bonds. The van der Waals surface area contributed by atoms with E-state index in [1.165, 1.54) is 17.8 Å². The van der Waals surface area contributed by atoms with Crippen LogP contribution in [0.4, 0.5) is 26.3 Å². The number of aliphatic hydroxyl groups excluding tert-OH is 1. The second kappa shape index (κ2) is 13.3. The molecule has 7 aliphatic rings. The molecule has 8 rings (SSSR count). The van der Waals surface area contributed by atoms with E-state index in [-0.39, 0.29) is 48.3 Å². The molecule has 3 N–H and O–H groups in total. The van der Waals surface area contributed by atoms with E-state index in [1.54, 1.807) is 6.92 Å². The molecule has 298 valence electrons. The van der Waals surface area contributed by atoms with E-state index < -0.39 is 103 Å². The van der Waals surface area contributed by atoms with Crippen molar-refractivity contribution in [3.8, 4) is 0 Å². The molecule has 0 aromatic carbocycles. The van der Waals surface area contributed by atoms with E-state index in [0.29, 0.717) is 32.1 Å². The topological polar surface area (TPSA) is 147 Å². The molecule has 2 saturated carbocycles. The minimum Gasteiger partial charge on any atom is -0.504 e. The van der Waals surface area contributed by atoms with Crippen LogP contribution in [0.3, 0.4) is 0 Å². The van der Waals surface area contributed by atoms with Gasteiger partial charge in [-0.2, -0.15) is 26.3 Å². The Morgan fingerprint density at radius 3 is 2.38 bits per heavy atom. The summed E-state index contributed by atoms with van der Waals surface area (Å²) in [6.45, 7) is 4.77. The summed E-state index contributed by atoms with van der Waals surface area (Å²) in [5.41, 5.74) is -3.84. The lowest BCUT2D eigenvalue weighted by Crippen LogP contribution is -2.67. The van der Waals surface area contributed by atoms with Gasteiger partial charge in [0, 0.05) is 41.7 Å². The van der Waals surface area contributed by atoms with E-state index in [0.717, 1.165) is 0 Å². The van der Waals surface area contributed by atoms with Gasteiger partial charge in [0.1, 0.15) is 0 Å². The zero-order chi connectivity index (χ0) is 38.4. The molecule has 1 spiro atoms. The summed E-state index contributed by atoms with van der Waals surface area (Å²) < 4.78 is 111. The summed E-state index contributed by atoms with van der Waals surface area (Å²) in [7, 11) is 0. The van der Waals surface area contributed by atoms with Gasteiger partial charge in [-0.05, 0) is 70.1 Å². The molecule has 0 radical (unpaired) electrons. The lowest BCUT2D eigenvalue weighted by molar-refractivity contribution is -0.557. The van der Waals surface area contributed by atoms with Gasteiger partial charge in [-0.15, -0.1) is 5.10 Å². The fraction of sp³-hybridized carbons (Fsp3) is 0.829. The Morgan fingerprint density at radius 1 is 0.962 bits per heavy atom. The molecule has 2 aliphatic carbocycles. The predicted octanol–water partition coefficient (Wildman–Crippen LogP) is 6.14. The third-order valence-corrected chi connectivity index (χ3v) is 12.8. The molecule has 4 saturated heterocycles. The minimum absolute atomic E-state index is 0.0720. The molecule has 1 aromatic heterocycles. The molecule has 6 heterocycles. The van der Waals surface area contributed by atoms with E-state index in [1.807, 2.05) is 13.8 Å². The minimum atomic E-state index is -5.17. The van der Waals surface area contributed by atoms with Crippen LogP contribution >= 0.6 is 0 Å². The highest BCUT2D eigenvalue weighted by Gasteiger charge is 2.70. The number of alkyl halides is 6. The summed E-state index contributed by atoms with van der Waals surface area (Å²) in [6.07, 6.45) is -7.41. The standard InChI is InChI=1S/C35H47F6N3O9/c1-18-5-7-25(32(47)17-49-30(3,46)11-9-23(18)32)22(27(45)34(36,37)38)16-48-15-20-13-42-43-44(20)14-21-26-8-6-19(2)24-10-12-31(4)51-29(33(24,26)53-52-31)50-28(21)35(39,40)41/h13,18-19,23-26,29,45-47H,5-12,14-17H2,1-4H3/b27-22-/t18-,19-,23?,24+,25+,26+,29-,30?,31+,32-,33-/m1/s1. The Labute approximate surface area is 302 Å². The van der Waals surface area contributed by atoms with Crippen LogP contribution in [0.2, 0.25) is 0 Å². The van der Waals surface area contributed by atoms with Gasteiger partial charge in [-0.25, -0.2) is 14.5 Å². The molecule has 18 heteroatoms. The highest BCUT2D eigenvalue weighted by molar-refractivity contribution is 5.28. The highest BCUT2D eigenvalue weighted by Crippen LogP contribution is 2.61. The number of hydrogen-bond donors (Lipinski definition) is 3. The third kappa shape index (κ3) is 6.77. The first kappa shape index (κ1) is 38.8. The van der Waals surface area contributed by atoms with Gasteiger partial charge in [0.2, 0.25) is 17.8 Å². The van der Waals surface area contributed by atoms with Crippen molar-refractivity contribution in [1.29, 1.82) is 0 Å². The fourth-order valence-electron chi connectivity index (χ4n) is 10.0. The van der Waals surface area contributed by atoms with E-state index in [4.69, 9.17) is 28.7 Å². The smallest absolute Gasteiger partial charge is 0.449 e. The van der Waals surface area contributed by atoms with Crippen LogP contribution < -0.4 is 0 Å². The number of nitrogens with zero attached hydrogens (tertiary/aromatic N) is 3. The van der Waals surface area contributed by atoms with Crippen LogP contribution in [-0.2, 0) is 41.9 Å². The first-order valence-electron chi connectivity index (χ1n) is 18.2. The van der Waals surface area contributed by atoms with Crippen molar-refractivity contribution in [3.05, 3.63) is 34.6 Å². The Hall–Kier alpha value is -2.48. The van der Waals surface area contributed by atoms with Crippen molar-refractivity contribution < 1.29 is 70.4 Å². The third-order valence-electron chi connectivity index (χ3n) is 12.8. The second-order valence-corrected chi connectivity index (χ2v) is 16.3. The molecule has 6 fully saturated rings. The number of ether oxygens (including phenoxy) is 4. The monoisotopic (exact) mass is 767 g/mol. The maximum absolute atomic E-state index is 14.8. The van der Waals surface area contributed by atoms with Gasteiger partial charge in [-0.3, -0.25) is 0 Å². The van der Waals surface area contributed by atoms with Crippen molar-refractivity contribution in [2.24, 2.45) is 35.5 Å². The van der Waals surface area contributed by atoms with Crippen LogP contribution in [0.5, 0.6) is 0 Å². The molecule has 11 atom stereocenters. The quantitative estimate of drug-likeness (QED) is 0.167. The Balaban J connectivity index is 1.16. The lowest BCUT2D eigenvalue weighted by atomic mass is 9.59. The maximum Gasteiger partial charge on any atom is 0.449 e. The molecular weight excluding hydrogens is 720 g/mol. The van der Waals surface area contributed by atoms with E-state index in [2.05, 4.69) is 10.3 Å². The van der Waals surface area contributed by atoms with Crippen molar-refractivity contribution in [3.63, 3.8) is 0 Å². The summed E-state index contributed by atoms with van der Waals surface area (Å²) in [5.74, 6) is -8.93. The zero-order valence-corrected chi connectivity index (χ0v) is 30.0. The predicted molar refractivity (Wildman–Crippen MR) is 168 cm³/mol. The van der Waals surface area contributed by atoms with E-state index >= 15 is 0 Å². The van der Waals surface area contributed by atoms with Gasteiger partial charge in [-0.1, -0.05) is 19.1 Å². The maximum atomic E-state index is 14.8. The molecule has 2 bridgehead atoms. The van der Waals surface area contributed by atoms with Gasteiger partial charge in [0.25, 0.3) is 0 Å². The SMILES string of the molecule is C[C@@H]1CC[C@@H](/C(COCc2cnnn2CC2=C(C(F)(F)F)O[C@@H]3O[C@]4(C)CC[C@H]5[C@H](C)CC[C@@H]2[C@@]35OO4)=C(\O)C(F)(F)F)[C@@]2(O)COC(C)(O)CCC12. The summed E-state index contributed by atoms with van der Waals surface area (Å²) in [5, 5.41) is 41.0. The van der Waals surface area contributed by atoms with Crippen LogP contribution in [-0.4, -0.2) is 84.9 Å². The summed E-state index contributed by atoms with van der Waals surface area (Å²) in [6, 6.07) is 0. The second-order valence-electron chi connectivity index (χ2n) is 16.3. The normalized spacial score (nSPS) is 42.2. The Morgan fingerprint density at radius 2 is 1.66 bits per heavy atom. The largest absolute Gasteiger partial charge is 0.504 e. The number of allylic oxidation sites excluding steroid dienone is 2. The molecule has 12 nitrogen and oxygen atoms in total. The summed E-state index contributed by atoms with van der Waals surface area (Å²) >= 11 is 0. The Kier molecular flexibility index (Phi) is 9.75. The molecule has 1 aromatic rings.